The average Bonchev–Trinajstić information content (AvgIpc) is 2.72. The monoisotopic (exact) mass is 424 g/mol. The van der Waals surface area contributed by atoms with E-state index in [1.807, 2.05) is 6.07 Å². The summed E-state index contributed by atoms with van der Waals surface area (Å²) in [5.74, 6) is -0.421. The smallest absolute Gasteiger partial charge is 0.336 e. The molecule has 5 nitrogen and oxygen atoms in total. The molecule has 3 rings (SSSR count). The van der Waals surface area contributed by atoms with Gasteiger partial charge in [-0.2, -0.15) is 17.5 Å². The minimum Gasteiger partial charge on any atom is -0.336 e. The first kappa shape index (κ1) is 21.1. The molecule has 1 heterocycles. The van der Waals surface area contributed by atoms with E-state index in [0.717, 1.165) is 35.2 Å². The number of hydrogen-bond donors (Lipinski definition) is 0. The van der Waals surface area contributed by atoms with E-state index in [-0.39, 0.29) is 31.7 Å². The second kappa shape index (κ2) is 8.38. The standard InChI is InChI=1S/C20H19F3N2O3S/c21-20(22,23)18-8-6-17(7-9-18)19(26)24-11-13-25(14-12-24)29(27,28)15-10-16-4-2-1-3-5-16/h1-10,15H,11-14H2. The highest BCUT2D eigenvalue weighted by molar-refractivity contribution is 7.92. The zero-order valence-electron chi connectivity index (χ0n) is 15.3. The van der Waals surface area contributed by atoms with Gasteiger partial charge in [0.1, 0.15) is 0 Å². The fourth-order valence-electron chi connectivity index (χ4n) is 2.94. The summed E-state index contributed by atoms with van der Waals surface area (Å²) in [6.07, 6.45) is -2.95. The third kappa shape index (κ3) is 5.24. The Balaban J connectivity index is 1.61. The van der Waals surface area contributed by atoms with Gasteiger partial charge in [0.05, 0.1) is 5.56 Å². The lowest BCUT2D eigenvalue weighted by molar-refractivity contribution is -0.137. The largest absolute Gasteiger partial charge is 0.416 e. The van der Waals surface area contributed by atoms with Crippen LogP contribution in [0.25, 0.3) is 6.08 Å². The predicted molar refractivity (Wildman–Crippen MR) is 103 cm³/mol. The van der Waals surface area contributed by atoms with Crippen LogP contribution in [0.3, 0.4) is 0 Å². The van der Waals surface area contributed by atoms with Crippen molar-refractivity contribution in [2.75, 3.05) is 26.2 Å². The van der Waals surface area contributed by atoms with Gasteiger partial charge in [0, 0.05) is 37.2 Å². The minimum absolute atomic E-state index is 0.119. The number of hydrogen-bond acceptors (Lipinski definition) is 3. The molecular formula is C20H19F3N2O3S. The van der Waals surface area contributed by atoms with Gasteiger partial charge < -0.3 is 4.90 Å². The third-order valence-electron chi connectivity index (χ3n) is 4.58. The van der Waals surface area contributed by atoms with Crippen molar-refractivity contribution in [3.05, 3.63) is 76.7 Å². The van der Waals surface area contributed by atoms with Crippen molar-refractivity contribution >= 4 is 22.0 Å². The zero-order valence-corrected chi connectivity index (χ0v) is 16.2. The van der Waals surface area contributed by atoms with Crippen LogP contribution in [-0.2, 0) is 16.2 Å². The Morgan fingerprint density at radius 1 is 0.897 bits per heavy atom. The molecule has 1 saturated heterocycles. The van der Waals surface area contributed by atoms with Crippen molar-refractivity contribution in [2.24, 2.45) is 0 Å². The maximum Gasteiger partial charge on any atom is 0.416 e. The maximum absolute atomic E-state index is 12.6. The minimum atomic E-state index is -4.46. The fraction of sp³-hybridized carbons (Fsp3) is 0.250. The van der Waals surface area contributed by atoms with Crippen LogP contribution in [-0.4, -0.2) is 49.7 Å². The van der Waals surface area contributed by atoms with Crippen LogP contribution in [0.2, 0.25) is 0 Å². The van der Waals surface area contributed by atoms with Crippen LogP contribution in [0.15, 0.2) is 60.0 Å². The number of nitrogens with zero attached hydrogens (tertiary/aromatic N) is 2. The number of piperazine rings is 1. The second-order valence-electron chi connectivity index (χ2n) is 6.52. The van der Waals surface area contributed by atoms with Crippen LogP contribution in [0, 0.1) is 0 Å². The molecule has 0 spiro atoms. The quantitative estimate of drug-likeness (QED) is 0.755. The van der Waals surface area contributed by atoms with Gasteiger partial charge in [0.15, 0.2) is 0 Å². The predicted octanol–water partition coefficient (Wildman–Crippen LogP) is 3.46. The molecule has 1 aliphatic rings. The maximum atomic E-state index is 12.6. The van der Waals surface area contributed by atoms with E-state index in [0.29, 0.717) is 0 Å². The molecular weight excluding hydrogens is 405 g/mol. The summed E-state index contributed by atoms with van der Waals surface area (Å²) < 4.78 is 64.1. The summed E-state index contributed by atoms with van der Waals surface area (Å²) in [7, 11) is -3.63. The second-order valence-corrected chi connectivity index (χ2v) is 8.34. The van der Waals surface area contributed by atoms with Gasteiger partial charge in [0.2, 0.25) is 10.0 Å². The number of rotatable bonds is 4. The van der Waals surface area contributed by atoms with Gasteiger partial charge in [-0.3, -0.25) is 4.79 Å². The third-order valence-corrected chi connectivity index (χ3v) is 6.14. The molecule has 0 unspecified atom stereocenters. The summed E-state index contributed by atoms with van der Waals surface area (Å²) in [6, 6.07) is 13.0. The van der Waals surface area contributed by atoms with E-state index < -0.39 is 27.7 Å². The van der Waals surface area contributed by atoms with Crippen molar-refractivity contribution < 1.29 is 26.4 Å². The van der Waals surface area contributed by atoms with Crippen LogP contribution >= 0.6 is 0 Å². The van der Waals surface area contributed by atoms with Crippen molar-refractivity contribution in [3.63, 3.8) is 0 Å². The highest BCUT2D eigenvalue weighted by Crippen LogP contribution is 2.29. The van der Waals surface area contributed by atoms with E-state index >= 15 is 0 Å². The van der Waals surface area contributed by atoms with Gasteiger partial charge in [-0.25, -0.2) is 8.42 Å². The number of benzene rings is 2. The highest BCUT2D eigenvalue weighted by atomic mass is 32.2. The van der Waals surface area contributed by atoms with Crippen LogP contribution < -0.4 is 0 Å². The van der Waals surface area contributed by atoms with Crippen LogP contribution in [0.1, 0.15) is 21.5 Å². The summed E-state index contributed by atoms with van der Waals surface area (Å²) in [5.41, 5.74) is 0.0700. The lowest BCUT2D eigenvalue weighted by Crippen LogP contribution is -2.50. The Labute approximate surface area is 167 Å². The van der Waals surface area contributed by atoms with Gasteiger partial charge in [0.25, 0.3) is 5.91 Å². The molecule has 0 atom stereocenters. The van der Waals surface area contributed by atoms with E-state index in [9.17, 15) is 26.4 Å². The van der Waals surface area contributed by atoms with Gasteiger partial charge in [-0.1, -0.05) is 30.3 Å². The van der Waals surface area contributed by atoms with E-state index in [1.54, 1.807) is 24.3 Å². The van der Waals surface area contributed by atoms with E-state index in [1.165, 1.54) is 15.3 Å². The molecule has 154 valence electrons. The number of alkyl halides is 3. The number of halogens is 3. The molecule has 2 aromatic rings. The van der Waals surface area contributed by atoms with E-state index in [2.05, 4.69) is 0 Å². The molecule has 1 aliphatic heterocycles. The molecule has 0 bridgehead atoms. The summed E-state index contributed by atoms with van der Waals surface area (Å²) in [5, 5.41) is 1.13. The first-order valence-electron chi connectivity index (χ1n) is 8.87. The molecule has 9 heteroatoms. The van der Waals surface area contributed by atoms with Crippen LogP contribution in [0.4, 0.5) is 13.2 Å². The summed E-state index contributed by atoms with van der Waals surface area (Å²) >= 11 is 0. The zero-order chi connectivity index (χ0) is 21.1. The van der Waals surface area contributed by atoms with Gasteiger partial charge in [-0.05, 0) is 35.9 Å². The first-order valence-corrected chi connectivity index (χ1v) is 10.4. The molecule has 1 amide bonds. The van der Waals surface area contributed by atoms with Gasteiger partial charge in [-0.15, -0.1) is 0 Å². The Morgan fingerprint density at radius 2 is 1.48 bits per heavy atom. The summed E-state index contributed by atoms with van der Waals surface area (Å²) in [4.78, 5) is 13.9. The summed E-state index contributed by atoms with van der Waals surface area (Å²) in [6.45, 7) is 0.568. The molecule has 1 fully saturated rings. The van der Waals surface area contributed by atoms with Crippen molar-refractivity contribution in [2.45, 2.75) is 6.18 Å². The molecule has 2 aromatic carbocycles. The molecule has 0 radical (unpaired) electrons. The van der Waals surface area contributed by atoms with Crippen molar-refractivity contribution in [3.8, 4) is 0 Å². The topological polar surface area (TPSA) is 57.7 Å². The number of amides is 1. The Kier molecular flexibility index (Phi) is 6.09. The molecule has 29 heavy (non-hydrogen) atoms. The molecule has 0 aromatic heterocycles. The molecule has 0 aliphatic carbocycles. The van der Waals surface area contributed by atoms with Crippen molar-refractivity contribution in [1.82, 2.24) is 9.21 Å². The molecule has 0 N–H and O–H groups in total. The Bertz CT molecular complexity index is 980. The molecule has 0 saturated carbocycles. The highest BCUT2D eigenvalue weighted by Gasteiger charge is 2.31. The fourth-order valence-corrected chi connectivity index (χ4v) is 4.12. The number of carbonyl (C=O) groups is 1. The lowest BCUT2D eigenvalue weighted by atomic mass is 10.1. The normalized spacial score (nSPS) is 16.3. The first-order chi connectivity index (χ1) is 13.7. The van der Waals surface area contributed by atoms with Crippen LogP contribution in [0.5, 0.6) is 0 Å². The van der Waals surface area contributed by atoms with Gasteiger partial charge >= 0.3 is 6.18 Å². The number of sulfonamides is 1. The Hall–Kier alpha value is -2.65. The lowest BCUT2D eigenvalue weighted by Gasteiger charge is -2.33. The SMILES string of the molecule is O=C(c1ccc(C(F)(F)F)cc1)N1CCN(S(=O)(=O)C=Cc2ccccc2)CC1. The average molecular weight is 424 g/mol. The van der Waals surface area contributed by atoms with Crippen molar-refractivity contribution in [1.29, 1.82) is 0 Å². The Morgan fingerprint density at radius 3 is 2.03 bits per heavy atom. The number of carbonyl (C=O) groups excluding carboxylic acids is 1. The van der Waals surface area contributed by atoms with E-state index in [4.69, 9.17) is 0 Å².